The maximum Gasteiger partial charge on any atom is 0.245 e. The van der Waals surface area contributed by atoms with E-state index < -0.39 is 22.2 Å². The number of hydrogen-bond acceptors (Lipinski definition) is 5. The van der Waals surface area contributed by atoms with Crippen LogP contribution < -0.4 is 5.73 Å². The second kappa shape index (κ2) is 6.02. The Morgan fingerprint density at radius 1 is 1.38 bits per heavy atom. The van der Waals surface area contributed by atoms with Gasteiger partial charge in [-0.05, 0) is 31.0 Å². The zero-order valence-electron chi connectivity index (χ0n) is 11.9. The van der Waals surface area contributed by atoms with Crippen LogP contribution in [0.15, 0.2) is 23.1 Å². The molecule has 7 heteroatoms. The molecule has 1 saturated carbocycles. The summed E-state index contributed by atoms with van der Waals surface area (Å²) in [5, 5.41) is 18.8. The zero-order chi connectivity index (χ0) is 15.6. The van der Waals surface area contributed by atoms with E-state index in [9.17, 15) is 13.5 Å². The van der Waals surface area contributed by atoms with Crippen LogP contribution in [0.4, 0.5) is 5.69 Å². The maximum absolute atomic E-state index is 12.6. The van der Waals surface area contributed by atoms with E-state index in [2.05, 4.69) is 0 Å². The molecule has 3 N–H and O–H groups in total. The molecule has 0 bridgehead atoms. The zero-order valence-corrected chi connectivity index (χ0v) is 12.7. The van der Waals surface area contributed by atoms with Crippen molar-refractivity contribution in [2.75, 3.05) is 12.8 Å². The first-order valence-corrected chi connectivity index (χ1v) is 8.27. The Kier molecular flexibility index (Phi) is 4.52. The maximum atomic E-state index is 12.6. The van der Waals surface area contributed by atoms with Crippen LogP contribution in [0.1, 0.15) is 31.2 Å². The van der Waals surface area contributed by atoms with Gasteiger partial charge >= 0.3 is 0 Å². The smallest absolute Gasteiger partial charge is 0.245 e. The fourth-order valence-electron chi connectivity index (χ4n) is 2.70. The van der Waals surface area contributed by atoms with Crippen molar-refractivity contribution in [2.24, 2.45) is 0 Å². The number of nitrogens with zero attached hydrogens (tertiary/aromatic N) is 2. The van der Waals surface area contributed by atoms with E-state index in [0.717, 1.165) is 12.8 Å². The van der Waals surface area contributed by atoms with Crippen LogP contribution in [0.5, 0.6) is 0 Å². The molecule has 2 atom stereocenters. The highest BCUT2D eigenvalue weighted by Gasteiger charge is 2.35. The summed E-state index contributed by atoms with van der Waals surface area (Å²) in [7, 11) is -2.32. The van der Waals surface area contributed by atoms with Crippen LogP contribution >= 0.6 is 0 Å². The number of benzene rings is 1. The van der Waals surface area contributed by atoms with E-state index in [-0.39, 0.29) is 10.6 Å². The van der Waals surface area contributed by atoms with Crippen molar-refractivity contribution < 1.29 is 13.5 Å². The predicted octanol–water partition coefficient (Wildman–Crippen LogP) is 1.06. The fourth-order valence-corrected chi connectivity index (χ4v) is 4.21. The molecule has 1 aromatic carbocycles. The van der Waals surface area contributed by atoms with E-state index in [1.165, 1.54) is 29.6 Å². The van der Waals surface area contributed by atoms with E-state index in [1.807, 2.05) is 6.07 Å². The van der Waals surface area contributed by atoms with Crippen LogP contribution in [-0.4, -0.2) is 37.0 Å². The number of aliphatic hydroxyl groups is 1. The summed E-state index contributed by atoms with van der Waals surface area (Å²) >= 11 is 0. The summed E-state index contributed by atoms with van der Waals surface area (Å²) in [4.78, 5) is -0.0261. The van der Waals surface area contributed by atoms with Gasteiger partial charge in [-0.2, -0.15) is 9.57 Å². The van der Waals surface area contributed by atoms with Gasteiger partial charge in [0.25, 0.3) is 0 Å². The molecule has 2 rings (SSSR count). The van der Waals surface area contributed by atoms with Crippen molar-refractivity contribution in [3.8, 4) is 6.07 Å². The number of sulfonamides is 1. The van der Waals surface area contributed by atoms with E-state index in [4.69, 9.17) is 11.0 Å². The minimum Gasteiger partial charge on any atom is -0.398 e. The molecule has 0 saturated heterocycles. The minimum absolute atomic E-state index is 0.0261. The van der Waals surface area contributed by atoms with Gasteiger partial charge in [0.2, 0.25) is 10.0 Å². The first-order valence-electron chi connectivity index (χ1n) is 6.83. The number of nitriles is 1. The lowest BCUT2D eigenvalue weighted by atomic mass is 9.93. The van der Waals surface area contributed by atoms with E-state index >= 15 is 0 Å². The van der Waals surface area contributed by atoms with Crippen molar-refractivity contribution in [1.82, 2.24) is 4.31 Å². The summed E-state index contributed by atoms with van der Waals surface area (Å²) in [6.45, 7) is 0. The molecule has 0 aliphatic heterocycles. The molecule has 0 spiro atoms. The van der Waals surface area contributed by atoms with Gasteiger partial charge in [-0.25, -0.2) is 8.42 Å². The Hall–Kier alpha value is -1.62. The first-order chi connectivity index (χ1) is 9.87. The largest absolute Gasteiger partial charge is 0.398 e. The minimum atomic E-state index is -3.79. The second-order valence-corrected chi connectivity index (χ2v) is 7.27. The molecular weight excluding hydrogens is 290 g/mol. The van der Waals surface area contributed by atoms with Crippen molar-refractivity contribution >= 4 is 15.7 Å². The summed E-state index contributed by atoms with van der Waals surface area (Å²) in [6.07, 6.45) is 2.38. The molecule has 0 aromatic heterocycles. The number of rotatable bonds is 3. The highest BCUT2D eigenvalue weighted by Crippen LogP contribution is 2.29. The molecule has 1 aliphatic rings. The average Bonchev–Trinajstić information content (AvgIpc) is 2.46. The molecule has 0 amide bonds. The van der Waals surface area contributed by atoms with Crippen molar-refractivity contribution in [3.63, 3.8) is 0 Å². The van der Waals surface area contributed by atoms with Crippen molar-refractivity contribution in [3.05, 3.63) is 23.8 Å². The SMILES string of the molecule is CN(C1CCCCC1O)S(=O)(=O)c1ccc(C#N)cc1N. The van der Waals surface area contributed by atoms with Gasteiger partial charge in [0.05, 0.1) is 29.5 Å². The number of nitrogen functional groups attached to an aromatic ring is 1. The Morgan fingerprint density at radius 2 is 2.05 bits per heavy atom. The second-order valence-electron chi connectivity index (χ2n) is 5.30. The number of anilines is 1. The van der Waals surface area contributed by atoms with Crippen molar-refractivity contribution in [2.45, 2.75) is 42.7 Å². The van der Waals surface area contributed by atoms with Gasteiger partial charge < -0.3 is 10.8 Å². The average molecular weight is 309 g/mol. The van der Waals surface area contributed by atoms with Gasteiger partial charge in [-0.1, -0.05) is 12.8 Å². The Labute approximate surface area is 124 Å². The third kappa shape index (κ3) is 3.02. The molecule has 2 unspecified atom stereocenters. The van der Waals surface area contributed by atoms with Gasteiger partial charge in [-0.15, -0.1) is 0 Å². The molecule has 114 valence electrons. The number of aliphatic hydroxyl groups excluding tert-OH is 1. The van der Waals surface area contributed by atoms with Crippen LogP contribution in [0.25, 0.3) is 0 Å². The molecule has 0 radical (unpaired) electrons. The number of nitrogens with two attached hydrogens (primary N) is 1. The lowest BCUT2D eigenvalue weighted by Gasteiger charge is -2.34. The fraction of sp³-hybridized carbons (Fsp3) is 0.500. The van der Waals surface area contributed by atoms with Crippen LogP contribution in [0.2, 0.25) is 0 Å². The summed E-state index contributed by atoms with van der Waals surface area (Å²) in [5.41, 5.74) is 6.12. The quantitative estimate of drug-likeness (QED) is 0.812. The monoisotopic (exact) mass is 309 g/mol. The third-order valence-corrected chi connectivity index (χ3v) is 5.91. The van der Waals surface area contributed by atoms with Gasteiger partial charge in [0.1, 0.15) is 4.90 Å². The Bertz CT molecular complexity index is 667. The summed E-state index contributed by atoms with van der Waals surface area (Å²) < 4.78 is 26.5. The van der Waals surface area contributed by atoms with E-state index in [0.29, 0.717) is 18.4 Å². The van der Waals surface area contributed by atoms with Crippen molar-refractivity contribution in [1.29, 1.82) is 5.26 Å². The Balaban J connectivity index is 2.35. The molecule has 21 heavy (non-hydrogen) atoms. The topological polar surface area (TPSA) is 107 Å². The van der Waals surface area contributed by atoms with Crippen LogP contribution in [0.3, 0.4) is 0 Å². The summed E-state index contributed by atoms with van der Waals surface area (Å²) in [5.74, 6) is 0. The number of likely N-dealkylation sites (N-methyl/N-ethyl adjacent to an activating group) is 1. The standard InChI is InChI=1S/C14H19N3O3S/c1-17(12-4-2-3-5-13(12)18)21(19,20)14-7-6-10(9-15)8-11(14)16/h6-8,12-13,18H,2-5,16H2,1H3. The van der Waals surface area contributed by atoms with Crippen LogP contribution in [0, 0.1) is 11.3 Å². The predicted molar refractivity (Wildman–Crippen MR) is 78.8 cm³/mol. The molecular formula is C14H19N3O3S. The van der Waals surface area contributed by atoms with Gasteiger partial charge in [-0.3, -0.25) is 0 Å². The molecule has 1 aliphatic carbocycles. The van der Waals surface area contributed by atoms with E-state index in [1.54, 1.807) is 0 Å². The highest BCUT2D eigenvalue weighted by atomic mass is 32.2. The first kappa shape index (κ1) is 15.8. The van der Waals surface area contributed by atoms with Gasteiger partial charge in [0, 0.05) is 7.05 Å². The molecule has 0 heterocycles. The molecule has 1 aromatic rings. The lowest BCUT2D eigenvalue weighted by molar-refractivity contribution is 0.0638. The third-order valence-electron chi connectivity index (χ3n) is 3.96. The lowest BCUT2D eigenvalue weighted by Crippen LogP contribution is -2.46. The molecule has 6 nitrogen and oxygen atoms in total. The Morgan fingerprint density at radius 3 is 2.62 bits per heavy atom. The number of hydrogen-bond donors (Lipinski definition) is 2. The molecule has 1 fully saturated rings. The highest BCUT2D eigenvalue weighted by molar-refractivity contribution is 7.89. The van der Waals surface area contributed by atoms with Crippen LogP contribution in [-0.2, 0) is 10.0 Å². The normalized spacial score (nSPS) is 23.0. The summed E-state index contributed by atoms with van der Waals surface area (Å²) in [6, 6.07) is 5.60. The van der Waals surface area contributed by atoms with Gasteiger partial charge in [0.15, 0.2) is 0 Å².